The number of hydrogen-bond donors (Lipinski definition) is 1. The first-order valence-electron chi connectivity index (χ1n) is 0.639. The summed E-state index contributed by atoms with van der Waals surface area (Å²) >= 11 is 3.49. The zero-order valence-electron chi connectivity index (χ0n) is 4.47. The van der Waals surface area contributed by atoms with Crippen molar-refractivity contribution in [1.82, 2.24) is 0 Å². The standard InChI is InChI=1S/Cu.HO3S.5H2O/c;1-4(2)3;;;;;/h;(H,1,2,3);5*1H2. The molecule has 11 N–H and O–H groups in total. The van der Waals surface area contributed by atoms with Crippen LogP contribution in [0.15, 0.2) is 0 Å². The van der Waals surface area contributed by atoms with E-state index < -0.39 is 8.54 Å². The number of rotatable bonds is 0. The van der Waals surface area contributed by atoms with Crippen LogP contribution in [-0.2, 0) is 23.4 Å². The van der Waals surface area contributed by atoms with Crippen molar-refractivity contribution in [2.75, 3.05) is 0 Å². The van der Waals surface area contributed by atoms with Crippen molar-refractivity contribution in [2.24, 2.45) is 0 Å². The van der Waals surface area contributed by atoms with E-state index in [1.165, 1.54) is 0 Å². The van der Waals surface area contributed by atoms with Crippen LogP contribution in [0.1, 0.15) is 0 Å². The molecular formula is H11CuO8S. The van der Waals surface area contributed by atoms with Gasteiger partial charge in [-0.05, 0) is 0 Å². The van der Waals surface area contributed by atoms with Gasteiger partial charge in [-0.2, -0.15) is 0 Å². The normalized spacial score (nSPS) is 5.90. The average Bonchev–Trinajstić information content (AvgIpc) is 0.722. The Morgan fingerprint density at radius 3 is 0.900 bits per heavy atom. The Morgan fingerprint density at radius 1 is 0.900 bits per heavy atom. The van der Waals surface area contributed by atoms with E-state index in [0.717, 1.165) is 0 Å². The summed E-state index contributed by atoms with van der Waals surface area (Å²) in [7, 11) is -4.10. The third-order valence-corrected chi connectivity index (χ3v) is 0. The molecule has 76 valence electrons. The fraction of sp³-hybridized carbons (Fsp3) is 0. The maximum atomic E-state index is 8.99. The molecular weight excluding hydrogens is 224 g/mol. The predicted molar refractivity (Wildman–Crippen MR) is 29.6 cm³/mol. The topological polar surface area (TPSA) is 212 Å². The maximum absolute atomic E-state index is 8.99. The Bertz CT molecular complexity index is 92.4. The van der Waals surface area contributed by atoms with Gasteiger partial charge in [-0.15, -0.1) is 0 Å². The zero-order valence-corrected chi connectivity index (χ0v) is 6.23. The second-order valence-electron chi connectivity index (χ2n) is 0.373. The second kappa shape index (κ2) is 16.1. The first kappa shape index (κ1) is 48.7. The van der Waals surface area contributed by atoms with E-state index in [2.05, 4.69) is 14.9 Å². The molecule has 0 rings (SSSR count). The van der Waals surface area contributed by atoms with E-state index in [0.29, 0.717) is 0 Å². The Balaban J connectivity index is -0.00000000800. The molecule has 0 aromatic rings. The minimum absolute atomic E-state index is 0. The summed E-state index contributed by atoms with van der Waals surface area (Å²) < 4.78 is 25.3. The van der Waals surface area contributed by atoms with E-state index >= 15 is 0 Å². The summed E-state index contributed by atoms with van der Waals surface area (Å²) in [6.07, 6.45) is 0. The molecule has 0 aromatic heterocycles. The molecule has 0 unspecified atom stereocenters. The molecule has 10 heavy (non-hydrogen) atoms. The molecule has 8 nitrogen and oxygen atoms in total. The minimum atomic E-state index is -4.10. The zero-order chi connectivity index (χ0) is 4.50. The Kier molecular flexibility index (Phi) is 78.5. The quantitative estimate of drug-likeness (QED) is 0.323. The number of hydrogen-bond acceptors (Lipinski definition) is 2. The van der Waals surface area contributed by atoms with E-state index in [9.17, 15) is 0 Å². The van der Waals surface area contributed by atoms with Crippen molar-refractivity contribution in [2.45, 2.75) is 0 Å². The molecule has 0 aliphatic heterocycles. The summed E-state index contributed by atoms with van der Waals surface area (Å²) in [5, 5.41) is 0. The van der Waals surface area contributed by atoms with E-state index in [-0.39, 0.29) is 27.4 Å². The van der Waals surface area contributed by atoms with Crippen molar-refractivity contribution < 1.29 is 55.2 Å². The Labute approximate surface area is 64.4 Å². The molecule has 0 saturated carbocycles. The van der Waals surface area contributed by atoms with Crippen molar-refractivity contribution in [3.63, 3.8) is 0 Å². The molecule has 0 heterocycles. The SMILES string of the molecule is O.O.O.O.O.O=[S](=O)(O)[Cu]. The van der Waals surface area contributed by atoms with E-state index in [1.54, 1.807) is 0 Å². The Morgan fingerprint density at radius 2 is 0.900 bits per heavy atom. The van der Waals surface area contributed by atoms with Crippen molar-refractivity contribution in [1.29, 1.82) is 0 Å². The van der Waals surface area contributed by atoms with Crippen LogP contribution in [0.25, 0.3) is 0 Å². The van der Waals surface area contributed by atoms with Crippen LogP contribution in [-0.4, -0.2) is 40.4 Å². The van der Waals surface area contributed by atoms with Gasteiger partial charge in [-0.3, -0.25) is 0 Å². The van der Waals surface area contributed by atoms with E-state index in [1.807, 2.05) is 0 Å². The molecule has 0 saturated heterocycles. The second-order valence-corrected chi connectivity index (χ2v) is 2.58. The molecule has 0 bridgehead atoms. The summed E-state index contributed by atoms with van der Waals surface area (Å²) in [6, 6.07) is 0. The summed E-state index contributed by atoms with van der Waals surface area (Å²) in [5.74, 6) is 0. The van der Waals surface area contributed by atoms with Gasteiger partial charge in [0, 0.05) is 0 Å². The summed E-state index contributed by atoms with van der Waals surface area (Å²) in [6.45, 7) is 0. The molecule has 0 fully saturated rings. The molecule has 0 aromatic carbocycles. The van der Waals surface area contributed by atoms with Crippen LogP contribution in [0.2, 0.25) is 0 Å². The molecule has 0 radical (unpaired) electrons. The fourth-order valence-electron chi connectivity index (χ4n) is 0. The van der Waals surface area contributed by atoms with Gasteiger partial charge < -0.3 is 27.4 Å². The van der Waals surface area contributed by atoms with Crippen LogP contribution >= 0.6 is 0 Å². The van der Waals surface area contributed by atoms with Crippen LogP contribution < -0.4 is 0 Å². The average molecular weight is 235 g/mol. The van der Waals surface area contributed by atoms with Crippen LogP contribution in [0.5, 0.6) is 0 Å². The summed E-state index contributed by atoms with van der Waals surface area (Å²) in [4.78, 5) is 0. The van der Waals surface area contributed by atoms with Gasteiger partial charge in [0.15, 0.2) is 0 Å². The molecule has 0 aliphatic rings. The van der Waals surface area contributed by atoms with Crippen LogP contribution in [0, 0.1) is 0 Å². The van der Waals surface area contributed by atoms with Gasteiger partial charge >= 0.3 is 36.4 Å². The first-order chi connectivity index (χ1) is 2.00. The van der Waals surface area contributed by atoms with Crippen molar-refractivity contribution >= 4 is 8.54 Å². The monoisotopic (exact) mass is 234 g/mol. The van der Waals surface area contributed by atoms with Gasteiger partial charge in [0.05, 0.1) is 0 Å². The van der Waals surface area contributed by atoms with Gasteiger partial charge in [0.25, 0.3) is 0 Å². The summed E-state index contributed by atoms with van der Waals surface area (Å²) in [5.41, 5.74) is 0. The van der Waals surface area contributed by atoms with Gasteiger partial charge in [-0.1, -0.05) is 0 Å². The molecule has 0 spiro atoms. The van der Waals surface area contributed by atoms with E-state index in [4.69, 9.17) is 13.0 Å². The molecule has 0 atom stereocenters. The molecule has 0 amide bonds. The third kappa shape index (κ3) is 8170. The van der Waals surface area contributed by atoms with Crippen LogP contribution in [0.3, 0.4) is 0 Å². The third-order valence-electron chi connectivity index (χ3n) is 0. The Hall–Kier alpha value is 0.229. The van der Waals surface area contributed by atoms with Gasteiger partial charge in [0.2, 0.25) is 0 Å². The van der Waals surface area contributed by atoms with Crippen molar-refractivity contribution in [3.05, 3.63) is 0 Å². The molecule has 10 heteroatoms. The molecule has 0 aliphatic carbocycles. The van der Waals surface area contributed by atoms with Gasteiger partial charge in [-0.25, -0.2) is 0 Å². The predicted octanol–water partition coefficient (Wildman–Crippen LogP) is -4.79. The van der Waals surface area contributed by atoms with Gasteiger partial charge in [0.1, 0.15) is 0 Å². The van der Waals surface area contributed by atoms with Crippen LogP contribution in [0.4, 0.5) is 0 Å². The first-order valence-corrected chi connectivity index (χ1v) is 3.07. The van der Waals surface area contributed by atoms with Crippen molar-refractivity contribution in [3.8, 4) is 0 Å². The fourth-order valence-corrected chi connectivity index (χ4v) is 0.